The van der Waals surface area contributed by atoms with Crippen LogP contribution in [0.1, 0.15) is 10.4 Å². The summed E-state index contributed by atoms with van der Waals surface area (Å²) < 4.78 is 13.1. The third-order valence-corrected chi connectivity index (χ3v) is 2.35. The second-order valence-corrected chi connectivity index (χ2v) is 3.75. The molecule has 1 amide bonds. The second-order valence-electron chi connectivity index (χ2n) is 3.75. The number of amides is 1. The Morgan fingerprint density at radius 3 is 2.67 bits per heavy atom. The number of halogens is 1. The quantitative estimate of drug-likeness (QED) is 0.562. The van der Waals surface area contributed by atoms with E-state index in [9.17, 15) is 9.18 Å². The van der Waals surface area contributed by atoms with E-state index in [0.29, 0.717) is 11.3 Å². The van der Waals surface area contributed by atoms with Crippen molar-refractivity contribution in [3.63, 3.8) is 0 Å². The lowest BCUT2D eigenvalue weighted by Crippen LogP contribution is -2.12. The summed E-state index contributed by atoms with van der Waals surface area (Å²) in [6, 6.07) is 10.1. The summed E-state index contributed by atoms with van der Waals surface area (Å²) in [5, 5.41) is 11.5. The molecule has 0 aliphatic heterocycles. The number of carbonyl (C=O) groups excluding carboxylic acids is 1. The third-order valence-electron chi connectivity index (χ3n) is 2.35. The molecule has 2 rings (SSSR count). The number of anilines is 2. The van der Waals surface area contributed by atoms with Crippen LogP contribution in [0.25, 0.3) is 0 Å². The van der Waals surface area contributed by atoms with Crippen molar-refractivity contribution in [3.05, 3.63) is 53.8 Å². The van der Waals surface area contributed by atoms with E-state index in [0.717, 1.165) is 6.07 Å². The number of carbonyl (C=O) groups is 1. The fourth-order valence-electron chi connectivity index (χ4n) is 1.47. The number of hydrogen-bond acceptors (Lipinski definition) is 3. The summed E-state index contributed by atoms with van der Waals surface area (Å²) in [7, 11) is 0. The fraction of sp³-hybridized carbons (Fsp3) is 0. The Morgan fingerprint density at radius 2 is 2.00 bits per heavy atom. The van der Waals surface area contributed by atoms with Gasteiger partial charge in [0.2, 0.25) is 0 Å². The molecule has 92 valence electrons. The molecule has 0 atom stereocenters. The molecule has 0 spiro atoms. The van der Waals surface area contributed by atoms with Gasteiger partial charge in [-0.1, -0.05) is 6.07 Å². The Labute approximate surface area is 103 Å². The first kappa shape index (κ1) is 11.9. The number of phenols is 1. The number of rotatable bonds is 2. The molecule has 0 aliphatic rings. The number of nitrogen functional groups attached to an aromatic ring is 1. The lowest BCUT2D eigenvalue weighted by Gasteiger charge is -2.06. The van der Waals surface area contributed by atoms with E-state index < -0.39 is 17.5 Å². The summed E-state index contributed by atoms with van der Waals surface area (Å²) in [5.74, 6) is -1.65. The van der Waals surface area contributed by atoms with Crippen molar-refractivity contribution in [1.29, 1.82) is 0 Å². The van der Waals surface area contributed by atoms with Gasteiger partial charge in [-0.15, -0.1) is 0 Å². The van der Waals surface area contributed by atoms with Gasteiger partial charge < -0.3 is 16.2 Å². The first-order valence-electron chi connectivity index (χ1n) is 5.21. The zero-order valence-corrected chi connectivity index (χ0v) is 9.35. The SMILES string of the molecule is Nc1cccc(C(=O)Nc2ccc(O)c(F)c2)c1. The molecule has 0 unspecified atom stereocenters. The first-order valence-corrected chi connectivity index (χ1v) is 5.21. The summed E-state index contributed by atoms with van der Waals surface area (Å²) >= 11 is 0. The van der Waals surface area contributed by atoms with E-state index >= 15 is 0 Å². The third kappa shape index (κ3) is 2.57. The maximum absolute atomic E-state index is 13.1. The molecule has 4 N–H and O–H groups in total. The van der Waals surface area contributed by atoms with Crippen molar-refractivity contribution in [3.8, 4) is 5.75 Å². The minimum atomic E-state index is -0.791. The highest BCUT2D eigenvalue weighted by atomic mass is 19.1. The van der Waals surface area contributed by atoms with Crippen molar-refractivity contribution < 1.29 is 14.3 Å². The Morgan fingerprint density at radius 1 is 1.22 bits per heavy atom. The average Bonchev–Trinajstić information content (AvgIpc) is 2.34. The number of nitrogens with two attached hydrogens (primary N) is 1. The van der Waals surface area contributed by atoms with E-state index in [-0.39, 0.29) is 5.69 Å². The number of aromatic hydroxyl groups is 1. The summed E-state index contributed by atoms with van der Waals surface area (Å²) in [6.45, 7) is 0. The molecule has 18 heavy (non-hydrogen) atoms. The van der Waals surface area contributed by atoms with Crippen LogP contribution in [0.4, 0.5) is 15.8 Å². The van der Waals surface area contributed by atoms with Gasteiger partial charge in [-0.3, -0.25) is 4.79 Å². The van der Waals surface area contributed by atoms with Crippen LogP contribution in [0.3, 0.4) is 0 Å². The normalized spacial score (nSPS) is 10.1. The highest BCUT2D eigenvalue weighted by Crippen LogP contribution is 2.20. The van der Waals surface area contributed by atoms with Gasteiger partial charge in [0, 0.05) is 23.0 Å². The van der Waals surface area contributed by atoms with Crippen molar-refractivity contribution in [1.82, 2.24) is 0 Å². The molecule has 4 nitrogen and oxygen atoms in total. The average molecular weight is 246 g/mol. The summed E-state index contributed by atoms with van der Waals surface area (Å²) in [4.78, 5) is 11.8. The van der Waals surface area contributed by atoms with Crippen LogP contribution >= 0.6 is 0 Å². The topological polar surface area (TPSA) is 75.4 Å². The number of phenolic OH excluding ortho intramolecular Hbond substituents is 1. The van der Waals surface area contributed by atoms with Crippen LogP contribution in [0.2, 0.25) is 0 Å². The summed E-state index contributed by atoms with van der Waals surface area (Å²) in [5.41, 5.74) is 6.67. The lowest BCUT2D eigenvalue weighted by molar-refractivity contribution is 0.102. The number of hydrogen-bond donors (Lipinski definition) is 3. The van der Waals surface area contributed by atoms with Crippen LogP contribution in [-0.4, -0.2) is 11.0 Å². The maximum atomic E-state index is 13.1. The Balaban J connectivity index is 2.18. The summed E-state index contributed by atoms with van der Waals surface area (Å²) in [6.07, 6.45) is 0. The van der Waals surface area contributed by atoms with E-state index in [2.05, 4.69) is 5.32 Å². The molecule has 0 fully saturated rings. The zero-order valence-electron chi connectivity index (χ0n) is 9.35. The van der Waals surface area contributed by atoms with Crippen LogP contribution in [0, 0.1) is 5.82 Å². The second kappa shape index (κ2) is 4.75. The predicted molar refractivity (Wildman–Crippen MR) is 66.9 cm³/mol. The van der Waals surface area contributed by atoms with Crippen LogP contribution in [0.15, 0.2) is 42.5 Å². The van der Waals surface area contributed by atoms with Gasteiger partial charge in [0.05, 0.1) is 0 Å². The van der Waals surface area contributed by atoms with Gasteiger partial charge in [0.1, 0.15) is 0 Å². The molecule has 0 radical (unpaired) electrons. The minimum Gasteiger partial charge on any atom is -0.505 e. The molecular weight excluding hydrogens is 235 g/mol. The molecule has 2 aromatic carbocycles. The van der Waals surface area contributed by atoms with E-state index in [4.69, 9.17) is 10.8 Å². The van der Waals surface area contributed by atoms with Gasteiger partial charge in [-0.05, 0) is 30.3 Å². The van der Waals surface area contributed by atoms with E-state index in [1.807, 2.05) is 0 Å². The Bertz CT molecular complexity index is 599. The molecule has 5 heteroatoms. The largest absolute Gasteiger partial charge is 0.505 e. The van der Waals surface area contributed by atoms with Crippen molar-refractivity contribution in [2.24, 2.45) is 0 Å². The molecule has 0 bridgehead atoms. The van der Waals surface area contributed by atoms with Crippen LogP contribution in [0.5, 0.6) is 5.75 Å². The van der Waals surface area contributed by atoms with Gasteiger partial charge in [0.25, 0.3) is 5.91 Å². The molecule has 0 saturated heterocycles. The maximum Gasteiger partial charge on any atom is 0.255 e. The minimum absolute atomic E-state index is 0.262. The highest BCUT2D eigenvalue weighted by Gasteiger charge is 2.08. The molecule has 0 aromatic heterocycles. The van der Waals surface area contributed by atoms with Crippen LogP contribution < -0.4 is 11.1 Å². The predicted octanol–water partition coefficient (Wildman–Crippen LogP) is 2.37. The van der Waals surface area contributed by atoms with Gasteiger partial charge >= 0.3 is 0 Å². The number of benzene rings is 2. The monoisotopic (exact) mass is 246 g/mol. The molecular formula is C13H11FN2O2. The van der Waals surface area contributed by atoms with E-state index in [1.165, 1.54) is 18.2 Å². The Hall–Kier alpha value is -2.56. The van der Waals surface area contributed by atoms with Gasteiger partial charge in [-0.2, -0.15) is 0 Å². The van der Waals surface area contributed by atoms with Gasteiger partial charge in [-0.25, -0.2) is 4.39 Å². The standard InChI is InChI=1S/C13H11FN2O2/c14-11-7-10(4-5-12(11)17)16-13(18)8-2-1-3-9(15)6-8/h1-7,17H,15H2,(H,16,18). The van der Waals surface area contributed by atoms with Gasteiger partial charge in [0.15, 0.2) is 11.6 Å². The molecule has 0 saturated carbocycles. The van der Waals surface area contributed by atoms with Crippen molar-refractivity contribution >= 4 is 17.3 Å². The Kier molecular flexibility index (Phi) is 3.14. The number of nitrogens with one attached hydrogen (secondary N) is 1. The molecule has 0 heterocycles. The van der Waals surface area contributed by atoms with Crippen LogP contribution in [-0.2, 0) is 0 Å². The molecule has 2 aromatic rings. The molecule has 0 aliphatic carbocycles. The van der Waals surface area contributed by atoms with E-state index in [1.54, 1.807) is 18.2 Å². The first-order chi connectivity index (χ1) is 8.56. The zero-order chi connectivity index (χ0) is 13.1. The smallest absolute Gasteiger partial charge is 0.255 e. The highest BCUT2D eigenvalue weighted by molar-refractivity contribution is 6.04. The van der Waals surface area contributed by atoms with Crippen molar-refractivity contribution in [2.45, 2.75) is 0 Å². The van der Waals surface area contributed by atoms with Crippen molar-refractivity contribution in [2.75, 3.05) is 11.1 Å². The fourth-order valence-corrected chi connectivity index (χ4v) is 1.47. The lowest BCUT2D eigenvalue weighted by atomic mass is 10.2.